The molecular formula is C41H76O10. The molecular weight excluding hydrogens is 652 g/mol. The summed E-state index contributed by atoms with van der Waals surface area (Å²) in [6.07, 6.45) is 2.45. The van der Waals surface area contributed by atoms with Crippen LogP contribution in [0.1, 0.15) is 156 Å². The zero-order valence-electron chi connectivity index (χ0n) is 35.3. The molecule has 2 heterocycles. The van der Waals surface area contributed by atoms with Gasteiger partial charge in [-0.15, -0.1) is 0 Å². The Morgan fingerprint density at radius 3 is 1.39 bits per heavy atom. The minimum atomic E-state index is -1.00. The van der Waals surface area contributed by atoms with Crippen LogP contribution in [-0.4, -0.2) is 85.1 Å². The molecule has 300 valence electrons. The van der Waals surface area contributed by atoms with Crippen molar-refractivity contribution in [2.75, 3.05) is 33.0 Å². The fourth-order valence-corrected chi connectivity index (χ4v) is 8.03. The molecule has 2 aliphatic rings. The smallest absolute Gasteiger partial charge is 0.306 e. The van der Waals surface area contributed by atoms with Gasteiger partial charge in [-0.2, -0.15) is 0 Å². The maximum Gasteiger partial charge on any atom is 0.306 e. The van der Waals surface area contributed by atoms with Gasteiger partial charge in [-0.1, -0.05) is 69.2 Å². The van der Waals surface area contributed by atoms with Crippen LogP contribution in [0.25, 0.3) is 0 Å². The van der Waals surface area contributed by atoms with Crippen molar-refractivity contribution in [2.24, 2.45) is 27.6 Å². The molecule has 1 N–H and O–H groups in total. The number of ether oxygens (including phenoxy) is 7. The van der Waals surface area contributed by atoms with Crippen molar-refractivity contribution in [1.82, 2.24) is 0 Å². The zero-order valence-corrected chi connectivity index (χ0v) is 35.3. The van der Waals surface area contributed by atoms with Gasteiger partial charge in [0, 0.05) is 18.8 Å². The molecule has 4 unspecified atom stereocenters. The van der Waals surface area contributed by atoms with Crippen molar-refractivity contribution < 1.29 is 47.9 Å². The first-order valence-electron chi connectivity index (χ1n) is 19.1. The third-order valence-electron chi connectivity index (χ3n) is 9.53. The van der Waals surface area contributed by atoms with Crippen LogP contribution >= 0.6 is 0 Å². The number of hydrogen-bond donors (Lipinski definition) is 1. The maximum atomic E-state index is 12.8. The topological polar surface area (TPSA) is 119 Å². The molecule has 2 aliphatic heterocycles. The van der Waals surface area contributed by atoms with E-state index in [9.17, 15) is 14.7 Å². The Hall–Kier alpha value is -1.30. The summed E-state index contributed by atoms with van der Waals surface area (Å²) >= 11 is 0. The van der Waals surface area contributed by atoms with Crippen LogP contribution in [0, 0.1) is 27.6 Å². The average molecular weight is 729 g/mol. The number of aliphatic hydroxyl groups is 1. The van der Waals surface area contributed by atoms with Gasteiger partial charge in [-0.05, 0) is 82.5 Å². The van der Waals surface area contributed by atoms with E-state index in [0.29, 0.717) is 39.1 Å². The minimum absolute atomic E-state index is 0.130. The summed E-state index contributed by atoms with van der Waals surface area (Å²) in [5, 5.41) is 10.3. The van der Waals surface area contributed by atoms with E-state index in [-0.39, 0.29) is 65.6 Å². The van der Waals surface area contributed by atoms with E-state index in [1.807, 2.05) is 27.7 Å². The number of rotatable bonds is 19. The molecule has 0 spiro atoms. The lowest BCUT2D eigenvalue weighted by Gasteiger charge is -2.41. The number of carbonyl (C=O) groups is 2. The molecule has 0 saturated carbocycles. The Bertz CT molecular complexity index is 1050. The van der Waals surface area contributed by atoms with Crippen LogP contribution in [0.5, 0.6) is 0 Å². The van der Waals surface area contributed by atoms with Gasteiger partial charge < -0.3 is 38.3 Å². The summed E-state index contributed by atoms with van der Waals surface area (Å²) in [6.45, 7) is 34.4. The van der Waals surface area contributed by atoms with Crippen LogP contribution in [0.15, 0.2) is 0 Å². The summed E-state index contributed by atoms with van der Waals surface area (Å²) in [5.41, 5.74) is -1.64. The molecule has 10 nitrogen and oxygen atoms in total. The Balaban J connectivity index is 2.09. The molecule has 2 saturated heterocycles. The fraction of sp³-hybridized carbons (Fsp3) is 0.951. The molecule has 0 aromatic heterocycles. The lowest BCUT2D eigenvalue weighted by molar-refractivity contribution is -0.211. The first-order chi connectivity index (χ1) is 22.8. The van der Waals surface area contributed by atoms with Crippen LogP contribution in [0.4, 0.5) is 0 Å². The van der Waals surface area contributed by atoms with Crippen LogP contribution in [0.2, 0.25) is 0 Å². The van der Waals surface area contributed by atoms with Crippen molar-refractivity contribution in [1.29, 1.82) is 0 Å². The van der Waals surface area contributed by atoms with Gasteiger partial charge in [-0.3, -0.25) is 9.59 Å². The van der Waals surface area contributed by atoms with Gasteiger partial charge >= 0.3 is 11.9 Å². The monoisotopic (exact) mass is 729 g/mol. The van der Waals surface area contributed by atoms with E-state index in [2.05, 4.69) is 69.2 Å². The summed E-state index contributed by atoms with van der Waals surface area (Å²) in [5.74, 6) is -2.89. The van der Waals surface area contributed by atoms with E-state index in [1.54, 1.807) is 13.8 Å². The second-order valence-corrected chi connectivity index (χ2v) is 20.9. The predicted octanol–water partition coefficient (Wildman–Crippen LogP) is 8.39. The molecule has 0 aliphatic carbocycles. The van der Waals surface area contributed by atoms with Gasteiger partial charge in [0.15, 0.2) is 11.6 Å². The Kier molecular flexibility index (Phi) is 15.3. The minimum Gasteiger partial charge on any atom is -0.465 e. The molecule has 2 rings (SSSR count). The molecule has 51 heavy (non-hydrogen) atoms. The van der Waals surface area contributed by atoms with E-state index < -0.39 is 35.0 Å². The highest BCUT2D eigenvalue weighted by Gasteiger charge is 2.53. The van der Waals surface area contributed by atoms with Gasteiger partial charge in [0.2, 0.25) is 0 Å². The molecule has 0 aromatic rings. The van der Waals surface area contributed by atoms with E-state index in [1.165, 1.54) is 0 Å². The fourth-order valence-electron chi connectivity index (χ4n) is 8.03. The Labute approximate surface area is 310 Å². The van der Waals surface area contributed by atoms with Gasteiger partial charge in [-0.25, -0.2) is 0 Å². The molecule has 2 fully saturated rings. The van der Waals surface area contributed by atoms with Gasteiger partial charge in [0.05, 0.1) is 69.3 Å². The highest BCUT2D eigenvalue weighted by Crippen LogP contribution is 2.43. The molecule has 4 atom stereocenters. The third kappa shape index (κ3) is 17.1. The Morgan fingerprint density at radius 2 is 1.06 bits per heavy atom. The lowest BCUT2D eigenvalue weighted by Crippen LogP contribution is -2.51. The molecule has 0 radical (unpaired) electrons. The summed E-state index contributed by atoms with van der Waals surface area (Å²) in [6, 6.07) is 0. The van der Waals surface area contributed by atoms with Gasteiger partial charge in [0.1, 0.15) is 0 Å². The van der Waals surface area contributed by atoms with Crippen LogP contribution in [0.3, 0.4) is 0 Å². The molecule has 0 bridgehead atoms. The summed E-state index contributed by atoms with van der Waals surface area (Å²) in [7, 11) is 0. The molecule has 0 amide bonds. The van der Waals surface area contributed by atoms with Crippen LogP contribution < -0.4 is 0 Å². The van der Waals surface area contributed by atoms with E-state index in [4.69, 9.17) is 33.2 Å². The Morgan fingerprint density at radius 1 is 0.686 bits per heavy atom. The van der Waals surface area contributed by atoms with E-state index >= 15 is 0 Å². The highest BCUT2D eigenvalue weighted by atomic mass is 16.8. The summed E-state index contributed by atoms with van der Waals surface area (Å²) in [4.78, 5) is 25.6. The van der Waals surface area contributed by atoms with Crippen molar-refractivity contribution in [3.05, 3.63) is 0 Å². The maximum absolute atomic E-state index is 12.8. The van der Waals surface area contributed by atoms with Crippen molar-refractivity contribution in [2.45, 2.75) is 191 Å². The number of carbonyl (C=O) groups excluding carboxylic acids is 2. The number of hydrogen-bond acceptors (Lipinski definition) is 10. The normalized spacial score (nSPS) is 26.0. The standard InChI is InChI=1S/C41H76O10/c1-34(2,3)25-36(7,8)27-45-31(42)17-19-40(15)48-23-29(50-40)33(39(13,14)47-22-21-38(11,12)44)30-24-49-41(16,51-30)20-18-32(43)46-28-37(9,10)26-35(4,5)6/h29-30,33,44H,17-28H2,1-16H3. The lowest BCUT2D eigenvalue weighted by atomic mass is 9.77. The predicted molar refractivity (Wildman–Crippen MR) is 199 cm³/mol. The highest BCUT2D eigenvalue weighted by molar-refractivity contribution is 5.69. The quantitative estimate of drug-likeness (QED) is 0.130. The second kappa shape index (κ2) is 17.0. The van der Waals surface area contributed by atoms with Gasteiger partial charge in [0.25, 0.3) is 0 Å². The first-order valence-corrected chi connectivity index (χ1v) is 19.1. The largest absolute Gasteiger partial charge is 0.465 e. The van der Waals surface area contributed by atoms with Crippen molar-refractivity contribution in [3.8, 4) is 0 Å². The van der Waals surface area contributed by atoms with Crippen molar-refractivity contribution in [3.63, 3.8) is 0 Å². The third-order valence-corrected chi connectivity index (χ3v) is 9.53. The molecule has 10 heteroatoms. The number of esters is 2. The first kappa shape index (κ1) is 45.9. The van der Waals surface area contributed by atoms with Crippen LogP contribution in [-0.2, 0) is 42.7 Å². The average Bonchev–Trinajstić information content (AvgIpc) is 3.48. The molecule has 0 aromatic carbocycles. The summed E-state index contributed by atoms with van der Waals surface area (Å²) < 4.78 is 43.5. The SMILES string of the molecule is CC(C)(C)CC(C)(C)COC(=O)CCC1(C)OCC(C(C2COC(C)(CCC(=O)OCC(C)(C)CC(C)(C)C)O2)C(C)(C)OCCC(C)(C)O)O1. The second-order valence-electron chi connectivity index (χ2n) is 20.9. The zero-order chi connectivity index (χ0) is 39.3. The van der Waals surface area contributed by atoms with E-state index in [0.717, 1.165) is 12.8 Å². The van der Waals surface area contributed by atoms with Crippen molar-refractivity contribution >= 4 is 11.9 Å².